The van der Waals surface area contributed by atoms with Gasteiger partial charge in [0.15, 0.2) is 0 Å². The minimum Gasteiger partial charge on any atom is -0.320 e. The Labute approximate surface area is 131 Å². The van der Waals surface area contributed by atoms with Crippen LogP contribution in [-0.2, 0) is 0 Å². The van der Waals surface area contributed by atoms with Crippen molar-refractivity contribution in [3.8, 4) is 0 Å². The van der Waals surface area contributed by atoms with E-state index >= 15 is 0 Å². The molecule has 1 unspecified atom stereocenters. The highest BCUT2D eigenvalue weighted by atomic mass is 79.9. The molecule has 0 aliphatic heterocycles. The van der Waals surface area contributed by atoms with E-state index in [0.29, 0.717) is 9.50 Å². The lowest BCUT2D eigenvalue weighted by molar-refractivity contribution is 0.572. The van der Waals surface area contributed by atoms with Crippen LogP contribution in [0.1, 0.15) is 17.2 Å². The topological polar surface area (TPSA) is 26.0 Å². The molecule has 0 heterocycles. The lowest BCUT2D eigenvalue weighted by Gasteiger charge is -2.16. The third kappa shape index (κ3) is 2.99. The van der Waals surface area contributed by atoms with Gasteiger partial charge in [-0.05, 0) is 50.1 Å². The van der Waals surface area contributed by atoms with Crippen molar-refractivity contribution in [2.24, 2.45) is 5.73 Å². The van der Waals surface area contributed by atoms with Crippen LogP contribution in [0.3, 0.4) is 0 Å². The monoisotopic (exact) mass is 409 g/mol. The van der Waals surface area contributed by atoms with Crippen molar-refractivity contribution in [2.75, 3.05) is 0 Å². The summed E-state index contributed by atoms with van der Waals surface area (Å²) in [5.41, 5.74) is 6.28. The molecule has 0 bridgehead atoms. The zero-order chi connectivity index (χ0) is 14.2. The predicted molar refractivity (Wildman–Crippen MR) is 79.2 cm³/mol. The van der Waals surface area contributed by atoms with Gasteiger partial charge in [-0.25, -0.2) is 8.78 Å². The summed E-state index contributed by atoms with van der Waals surface area (Å²) in [6, 6.07) is 6.39. The summed E-state index contributed by atoms with van der Waals surface area (Å²) < 4.78 is 28.6. The van der Waals surface area contributed by atoms with E-state index in [1.165, 1.54) is 18.2 Å². The average Bonchev–Trinajstić information content (AvgIpc) is 2.36. The first-order chi connectivity index (χ1) is 8.91. The van der Waals surface area contributed by atoms with Crippen LogP contribution >= 0.6 is 43.5 Å². The summed E-state index contributed by atoms with van der Waals surface area (Å²) in [4.78, 5) is 0. The van der Waals surface area contributed by atoms with Gasteiger partial charge >= 0.3 is 0 Å². The molecule has 0 aliphatic carbocycles. The molecule has 0 fully saturated rings. The number of hydrogen-bond acceptors (Lipinski definition) is 1. The molecule has 0 saturated heterocycles. The lowest BCUT2D eigenvalue weighted by atomic mass is 9.99. The maximum absolute atomic E-state index is 14.0. The van der Waals surface area contributed by atoms with Crippen molar-refractivity contribution in [3.63, 3.8) is 0 Å². The number of halogens is 5. The van der Waals surface area contributed by atoms with E-state index in [-0.39, 0.29) is 15.6 Å². The Morgan fingerprint density at radius 2 is 1.74 bits per heavy atom. The van der Waals surface area contributed by atoms with E-state index < -0.39 is 17.7 Å². The van der Waals surface area contributed by atoms with E-state index in [2.05, 4.69) is 31.9 Å². The van der Waals surface area contributed by atoms with Crippen molar-refractivity contribution in [3.05, 3.63) is 67.1 Å². The Bertz CT molecular complexity index is 634. The fraction of sp³-hybridized carbons (Fsp3) is 0.0769. The molecule has 2 rings (SSSR count). The average molecular weight is 411 g/mol. The zero-order valence-electron chi connectivity index (χ0n) is 9.43. The minimum absolute atomic E-state index is 0.144. The molecule has 0 radical (unpaired) electrons. The molecule has 2 aromatic carbocycles. The maximum atomic E-state index is 14.0. The van der Waals surface area contributed by atoms with Crippen LogP contribution in [0.4, 0.5) is 8.78 Å². The number of rotatable bonds is 2. The molecular formula is C13H8Br2ClF2N. The maximum Gasteiger partial charge on any atom is 0.142 e. The molecule has 19 heavy (non-hydrogen) atoms. The SMILES string of the molecule is NC(c1cc(Cl)c(Br)cc1F)c1cccc(Br)c1F. The van der Waals surface area contributed by atoms with Gasteiger partial charge in [0.25, 0.3) is 0 Å². The van der Waals surface area contributed by atoms with E-state index in [4.69, 9.17) is 17.3 Å². The molecule has 1 atom stereocenters. The summed E-state index contributed by atoms with van der Waals surface area (Å²) in [6.45, 7) is 0. The molecule has 0 aromatic heterocycles. The first kappa shape index (κ1) is 14.9. The van der Waals surface area contributed by atoms with Crippen LogP contribution in [0.5, 0.6) is 0 Å². The normalized spacial score (nSPS) is 12.5. The van der Waals surface area contributed by atoms with E-state index in [9.17, 15) is 8.78 Å². The molecule has 2 aromatic rings. The van der Waals surface area contributed by atoms with Crippen molar-refractivity contribution in [1.82, 2.24) is 0 Å². The highest BCUT2D eigenvalue weighted by Crippen LogP contribution is 2.32. The van der Waals surface area contributed by atoms with E-state index in [1.807, 2.05) is 0 Å². The summed E-state index contributed by atoms with van der Waals surface area (Å²) in [6.07, 6.45) is 0. The summed E-state index contributed by atoms with van der Waals surface area (Å²) in [5, 5.41) is 0.322. The number of hydrogen-bond donors (Lipinski definition) is 1. The van der Waals surface area contributed by atoms with Crippen LogP contribution in [0.25, 0.3) is 0 Å². The fourth-order valence-corrected chi connectivity index (χ4v) is 2.57. The fourth-order valence-electron chi connectivity index (χ4n) is 1.70. The van der Waals surface area contributed by atoms with Gasteiger partial charge in [-0.1, -0.05) is 23.7 Å². The number of nitrogens with two attached hydrogens (primary N) is 1. The Balaban J connectivity index is 2.53. The summed E-state index contributed by atoms with van der Waals surface area (Å²) in [5.74, 6) is -1.04. The second-order valence-corrected chi connectivity index (χ2v) is 6.02. The molecule has 6 heteroatoms. The van der Waals surface area contributed by atoms with Crippen molar-refractivity contribution < 1.29 is 8.78 Å². The Morgan fingerprint density at radius 1 is 1.05 bits per heavy atom. The van der Waals surface area contributed by atoms with Crippen molar-refractivity contribution in [1.29, 1.82) is 0 Å². The second-order valence-electron chi connectivity index (χ2n) is 3.91. The van der Waals surface area contributed by atoms with Crippen LogP contribution in [0, 0.1) is 11.6 Å². The first-order valence-electron chi connectivity index (χ1n) is 5.25. The first-order valence-corrected chi connectivity index (χ1v) is 7.22. The third-order valence-corrected chi connectivity index (χ3v) is 4.50. The Hall–Kier alpha value is -0.490. The van der Waals surface area contributed by atoms with Crippen LogP contribution < -0.4 is 5.73 Å². The minimum atomic E-state index is -0.928. The standard InChI is InChI=1S/C13H8Br2ClF2N/c14-8-3-1-2-6(12(8)18)13(19)7-4-10(16)9(15)5-11(7)17/h1-5,13H,19H2. The van der Waals surface area contributed by atoms with Gasteiger partial charge in [-0.3, -0.25) is 0 Å². The smallest absolute Gasteiger partial charge is 0.142 e. The molecule has 2 N–H and O–H groups in total. The molecule has 0 amide bonds. The second kappa shape index (κ2) is 5.87. The Morgan fingerprint density at radius 3 is 2.42 bits per heavy atom. The van der Waals surface area contributed by atoms with Crippen LogP contribution in [0.15, 0.2) is 39.3 Å². The van der Waals surface area contributed by atoms with Gasteiger partial charge in [0.2, 0.25) is 0 Å². The van der Waals surface area contributed by atoms with Gasteiger partial charge in [0.1, 0.15) is 11.6 Å². The molecule has 0 aliphatic rings. The molecule has 100 valence electrons. The van der Waals surface area contributed by atoms with Gasteiger partial charge < -0.3 is 5.73 Å². The van der Waals surface area contributed by atoms with Gasteiger partial charge in [0.05, 0.1) is 15.5 Å². The summed E-state index contributed by atoms with van der Waals surface area (Å²) >= 11 is 12.1. The highest BCUT2D eigenvalue weighted by molar-refractivity contribution is 9.10. The molecular weight excluding hydrogens is 403 g/mol. The largest absolute Gasteiger partial charge is 0.320 e. The summed E-state index contributed by atoms with van der Waals surface area (Å²) in [7, 11) is 0. The predicted octanol–water partition coefficient (Wildman–Crippen LogP) is 5.19. The number of benzene rings is 2. The quantitative estimate of drug-likeness (QED) is 0.676. The zero-order valence-corrected chi connectivity index (χ0v) is 13.4. The van der Waals surface area contributed by atoms with Gasteiger partial charge in [-0.2, -0.15) is 0 Å². The van der Waals surface area contributed by atoms with Crippen LogP contribution in [0.2, 0.25) is 5.02 Å². The molecule has 0 saturated carbocycles. The highest BCUT2D eigenvalue weighted by Gasteiger charge is 2.19. The van der Waals surface area contributed by atoms with Gasteiger partial charge in [-0.15, -0.1) is 0 Å². The van der Waals surface area contributed by atoms with Crippen molar-refractivity contribution >= 4 is 43.5 Å². The third-order valence-electron chi connectivity index (χ3n) is 2.69. The Kier molecular flexibility index (Phi) is 4.61. The molecule has 1 nitrogen and oxygen atoms in total. The van der Waals surface area contributed by atoms with Crippen molar-refractivity contribution in [2.45, 2.75) is 6.04 Å². The van der Waals surface area contributed by atoms with Crippen LogP contribution in [-0.4, -0.2) is 0 Å². The molecule has 0 spiro atoms. The van der Waals surface area contributed by atoms with E-state index in [0.717, 1.165) is 0 Å². The van der Waals surface area contributed by atoms with E-state index in [1.54, 1.807) is 12.1 Å². The van der Waals surface area contributed by atoms with Gasteiger partial charge in [0, 0.05) is 15.6 Å². The lowest BCUT2D eigenvalue weighted by Crippen LogP contribution is -2.15.